The quantitative estimate of drug-likeness (QED) is 0.212. The first kappa shape index (κ1) is 26.6. The maximum absolute atomic E-state index is 13.2. The van der Waals surface area contributed by atoms with Gasteiger partial charge in [0.1, 0.15) is 5.69 Å². The number of aromatic nitrogens is 2. The smallest absolute Gasteiger partial charge is 0.339 e. The number of hydrogen-bond acceptors (Lipinski definition) is 5. The lowest BCUT2D eigenvalue weighted by Crippen LogP contribution is -2.29. The van der Waals surface area contributed by atoms with Crippen molar-refractivity contribution in [1.29, 1.82) is 0 Å². The normalized spacial score (nSPS) is 13.1. The van der Waals surface area contributed by atoms with Crippen molar-refractivity contribution in [2.45, 2.75) is 19.5 Å². The minimum atomic E-state index is -0.532. The zero-order chi connectivity index (χ0) is 29.3. The summed E-state index contributed by atoms with van der Waals surface area (Å²) < 4.78 is 4.99. The van der Waals surface area contributed by atoms with Gasteiger partial charge in [0.2, 0.25) is 0 Å². The molecule has 2 aromatic heterocycles. The predicted octanol–water partition coefficient (Wildman–Crippen LogP) is 6.98. The third kappa shape index (κ3) is 5.38. The first-order valence-corrected chi connectivity index (χ1v) is 14.3. The first-order chi connectivity index (χ1) is 21.0. The number of nitrogens with one attached hydrogen (secondary N) is 2. The van der Waals surface area contributed by atoms with Gasteiger partial charge in [-0.25, -0.2) is 9.78 Å². The van der Waals surface area contributed by atoms with Gasteiger partial charge >= 0.3 is 5.97 Å². The monoisotopic (exact) mass is 566 g/mol. The van der Waals surface area contributed by atoms with Gasteiger partial charge in [-0.3, -0.25) is 9.69 Å². The van der Waals surface area contributed by atoms with Crippen molar-refractivity contribution < 1.29 is 14.3 Å². The molecule has 0 aliphatic carbocycles. The number of H-pyrrole nitrogens is 1. The number of methoxy groups -OCH3 is 1. The number of para-hydroxylation sites is 1. The molecular formula is C36H30N4O3. The highest BCUT2D eigenvalue weighted by Crippen LogP contribution is 2.30. The van der Waals surface area contributed by atoms with Gasteiger partial charge in [-0.2, -0.15) is 0 Å². The number of carbonyl (C=O) groups is 2. The highest BCUT2D eigenvalue weighted by Gasteiger charge is 2.19. The second-order valence-corrected chi connectivity index (χ2v) is 10.9. The van der Waals surface area contributed by atoms with Gasteiger partial charge < -0.3 is 15.0 Å². The molecule has 0 fully saturated rings. The third-order valence-corrected chi connectivity index (χ3v) is 8.12. The molecule has 0 radical (unpaired) electrons. The number of hydrogen-bond donors (Lipinski definition) is 2. The van der Waals surface area contributed by atoms with E-state index in [9.17, 15) is 9.59 Å². The molecule has 212 valence electrons. The van der Waals surface area contributed by atoms with Gasteiger partial charge in [0, 0.05) is 47.2 Å². The van der Waals surface area contributed by atoms with Crippen LogP contribution in [0.15, 0.2) is 103 Å². The maximum atomic E-state index is 13.2. The Labute approximate surface area is 249 Å². The number of aromatic amines is 1. The summed E-state index contributed by atoms with van der Waals surface area (Å²) in [4.78, 5) is 36.3. The lowest BCUT2D eigenvalue weighted by atomic mass is 9.99. The van der Waals surface area contributed by atoms with Crippen LogP contribution in [0.1, 0.15) is 37.5 Å². The molecule has 1 aliphatic rings. The van der Waals surface area contributed by atoms with E-state index in [2.05, 4.69) is 68.7 Å². The molecule has 3 heterocycles. The van der Waals surface area contributed by atoms with Crippen LogP contribution < -0.4 is 5.32 Å². The highest BCUT2D eigenvalue weighted by molar-refractivity contribution is 6.08. The Bertz CT molecular complexity index is 2010. The number of benzene rings is 4. The van der Waals surface area contributed by atoms with Gasteiger partial charge in [0.15, 0.2) is 0 Å². The predicted molar refractivity (Wildman–Crippen MR) is 169 cm³/mol. The summed E-state index contributed by atoms with van der Waals surface area (Å²) in [5, 5.41) is 4.94. The second-order valence-electron chi connectivity index (χ2n) is 10.9. The van der Waals surface area contributed by atoms with E-state index >= 15 is 0 Å². The molecule has 6 aromatic rings. The third-order valence-electron chi connectivity index (χ3n) is 8.12. The number of fused-ring (bicyclic) bond motifs is 3. The number of esters is 1. The van der Waals surface area contributed by atoms with Crippen LogP contribution in [-0.4, -0.2) is 40.4 Å². The average Bonchev–Trinajstić information content (AvgIpc) is 3.48. The molecule has 0 saturated carbocycles. The Kier molecular flexibility index (Phi) is 6.93. The summed E-state index contributed by atoms with van der Waals surface area (Å²) in [6.45, 7) is 2.89. The lowest BCUT2D eigenvalue weighted by Gasteiger charge is -2.28. The van der Waals surface area contributed by atoms with Gasteiger partial charge in [-0.15, -0.1) is 0 Å². The molecule has 0 spiro atoms. The van der Waals surface area contributed by atoms with Crippen LogP contribution in [0, 0.1) is 0 Å². The van der Waals surface area contributed by atoms with Crippen LogP contribution in [0.3, 0.4) is 0 Å². The summed E-state index contributed by atoms with van der Waals surface area (Å²) in [5.41, 5.74) is 8.46. The zero-order valence-electron chi connectivity index (χ0n) is 23.8. The van der Waals surface area contributed by atoms with E-state index in [4.69, 9.17) is 4.74 Å². The van der Waals surface area contributed by atoms with Crippen molar-refractivity contribution in [2.75, 3.05) is 19.0 Å². The molecular weight excluding hydrogens is 536 g/mol. The number of rotatable bonds is 6. The lowest BCUT2D eigenvalue weighted by molar-refractivity contribution is 0.0602. The van der Waals surface area contributed by atoms with E-state index in [1.807, 2.05) is 36.4 Å². The van der Waals surface area contributed by atoms with Crippen molar-refractivity contribution >= 4 is 39.4 Å². The van der Waals surface area contributed by atoms with Crippen LogP contribution in [0.4, 0.5) is 5.69 Å². The minimum Gasteiger partial charge on any atom is -0.465 e. The topological polar surface area (TPSA) is 87.3 Å². The molecule has 0 atom stereocenters. The average molecular weight is 567 g/mol. The van der Waals surface area contributed by atoms with Crippen LogP contribution >= 0.6 is 0 Å². The molecule has 43 heavy (non-hydrogen) atoms. The molecule has 7 rings (SSSR count). The van der Waals surface area contributed by atoms with Crippen molar-refractivity contribution in [2.24, 2.45) is 0 Å². The molecule has 7 heteroatoms. The standard InChI is InChI=1S/C36H30N4O3/c1-43-36(42)29-13-11-26(19-34(29)39-35(41)32-15-12-25-7-4-5-9-30(25)37-32)33-20-28-18-23(10-14-31(28)38-33)21-40-17-16-24-6-2-3-8-27(24)22-40/h2-15,18-20,38H,16-17,21-22H2,1H3,(H,39,41). The maximum Gasteiger partial charge on any atom is 0.339 e. The summed E-state index contributed by atoms with van der Waals surface area (Å²) in [7, 11) is 1.32. The fraction of sp³-hybridized carbons (Fsp3) is 0.139. The van der Waals surface area contributed by atoms with Crippen molar-refractivity contribution in [3.8, 4) is 11.3 Å². The number of pyridine rings is 1. The van der Waals surface area contributed by atoms with Gasteiger partial charge in [-0.05, 0) is 65.6 Å². The molecule has 0 unspecified atom stereocenters. The molecule has 1 aliphatic heterocycles. The molecule has 2 N–H and O–H groups in total. The highest BCUT2D eigenvalue weighted by atomic mass is 16.5. The van der Waals surface area contributed by atoms with E-state index < -0.39 is 11.9 Å². The van der Waals surface area contributed by atoms with E-state index in [-0.39, 0.29) is 11.3 Å². The van der Waals surface area contributed by atoms with Crippen LogP contribution in [-0.2, 0) is 24.2 Å². The van der Waals surface area contributed by atoms with Crippen molar-refractivity contribution in [1.82, 2.24) is 14.9 Å². The van der Waals surface area contributed by atoms with E-state index in [0.29, 0.717) is 5.69 Å². The van der Waals surface area contributed by atoms with Gasteiger partial charge in [0.25, 0.3) is 5.91 Å². The Morgan fingerprint density at radius 1 is 0.884 bits per heavy atom. The molecule has 7 nitrogen and oxygen atoms in total. The Balaban J connectivity index is 1.15. The summed E-state index contributed by atoms with van der Waals surface area (Å²) in [6, 6.07) is 33.8. The van der Waals surface area contributed by atoms with Crippen LogP contribution in [0.2, 0.25) is 0 Å². The molecule has 4 aromatic carbocycles. The molecule has 0 saturated heterocycles. The van der Waals surface area contributed by atoms with E-state index in [1.54, 1.807) is 18.2 Å². The van der Waals surface area contributed by atoms with E-state index in [0.717, 1.165) is 59.1 Å². The number of ether oxygens (including phenoxy) is 1. The largest absolute Gasteiger partial charge is 0.465 e. The summed E-state index contributed by atoms with van der Waals surface area (Å²) >= 11 is 0. The number of anilines is 1. The van der Waals surface area contributed by atoms with Gasteiger partial charge in [0.05, 0.1) is 23.9 Å². The Morgan fingerprint density at radius 3 is 2.60 bits per heavy atom. The van der Waals surface area contributed by atoms with Crippen LogP contribution in [0.25, 0.3) is 33.1 Å². The fourth-order valence-corrected chi connectivity index (χ4v) is 5.87. The first-order valence-electron chi connectivity index (χ1n) is 14.3. The van der Waals surface area contributed by atoms with Crippen molar-refractivity contribution in [3.63, 3.8) is 0 Å². The number of carbonyl (C=O) groups excluding carboxylic acids is 2. The second kappa shape index (κ2) is 11.2. The molecule has 0 bridgehead atoms. The summed E-state index contributed by atoms with van der Waals surface area (Å²) in [6.07, 6.45) is 1.07. The summed E-state index contributed by atoms with van der Waals surface area (Å²) in [5.74, 6) is -0.940. The number of nitrogens with zero attached hydrogens (tertiary/aromatic N) is 2. The minimum absolute atomic E-state index is 0.259. The fourth-order valence-electron chi connectivity index (χ4n) is 5.87. The van der Waals surface area contributed by atoms with Crippen molar-refractivity contribution in [3.05, 3.63) is 131 Å². The zero-order valence-corrected chi connectivity index (χ0v) is 23.8. The van der Waals surface area contributed by atoms with E-state index in [1.165, 1.54) is 23.8 Å². The number of amides is 1. The SMILES string of the molecule is COC(=O)c1ccc(-c2cc3cc(CN4CCc5ccccc5C4)ccc3[nH]2)cc1NC(=O)c1ccc2ccccc2n1. The Morgan fingerprint density at radius 2 is 1.72 bits per heavy atom. The molecule has 1 amide bonds. The van der Waals surface area contributed by atoms with Crippen LogP contribution in [0.5, 0.6) is 0 Å². The Hall–Kier alpha value is -5.27. The van der Waals surface area contributed by atoms with Gasteiger partial charge in [-0.1, -0.05) is 60.7 Å².